The molecule has 234 valence electrons. The van der Waals surface area contributed by atoms with E-state index < -0.39 is 5.91 Å². The Bertz CT molecular complexity index is 1600. The second-order valence-electron chi connectivity index (χ2n) is 9.99. The average molecular weight is 611 g/mol. The minimum Gasteiger partial charge on any atom is -0.493 e. The summed E-state index contributed by atoms with van der Waals surface area (Å²) in [5.41, 5.74) is 3.27. The fourth-order valence-corrected chi connectivity index (χ4v) is 4.39. The second kappa shape index (κ2) is 16.4. The van der Waals surface area contributed by atoms with Gasteiger partial charge < -0.3 is 34.3 Å². The van der Waals surface area contributed by atoms with Gasteiger partial charge in [0.25, 0.3) is 11.8 Å². The zero-order chi connectivity index (χ0) is 32.0. The summed E-state index contributed by atoms with van der Waals surface area (Å²) < 4.78 is 27.5. The molecule has 0 unspecified atom stereocenters. The van der Waals surface area contributed by atoms with Crippen molar-refractivity contribution < 1.29 is 33.3 Å². The fraction of sp³-hybridized carbons (Fsp3) is 0.222. The van der Waals surface area contributed by atoms with Crippen LogP contribution >= 0.6 is 0 Å². The maximum absolute atomic E-state index is 13.3. The molecule has 2 amide bonds. The maximum atomic E-state index is 13.3. The number of amides is 2. The standard InChI is InChI=1S/C36H38N2O7/c1-25-9-14-28(15-10-25)35(39)38-30(36(40)37-20-19-27-13-18-32(42-3)34(24-27)43-4)23-26-11-16-29(17-12-26)44-21-22-45-33-8-6-5-7-31(33)41-2/h5-18,23-24H,19-22H2,1-4H3,(H,37,40)(H,38,39). The number of hydrogen-bond acceptors (Lipinski definition) is 7. The van der Waals surface area contributed by atoms with Gasteiger partial charge in [0.05, 0.1) is 21.3 Å². The smallest absolute Gasteiger partial charge is 0.267 e. The van der Waals surface area contributed by atoms with Crippen molar-refractivity contribution in [3.8, 4) is 28.7 Å². The molecule has 0 radical (unpaired) electrons. The third-order valence-corrected chi connectivity index (χ3v) is 6.82. The van der Waals surface area contributed by atoms with E-state index in [1.54, 1.807) is 51.7 Å². The zero-order valence-electron chi connectivity index (χ0n) is 25.9. The van der Waals surface area contributed by atoms with Crippen LogP contribution in [-0.2, 0) is 11.2 Å². The molecule has 0 aliphatic carbocycles. The summed E-state index contributed by atoms with van der Waals surface area (Å²) in [4.78, 5) is 26.3. The van der Waals surface area contributed by atoms with Gasteiger partial charge in [-0.05, 0) is 79.1 Å². The largest absolute Gasteiger partial charge is 0.493 e. The molecule has 9 nitrogen and oxygen atoms in total. The summed E-state index contributed by atoms with van der Waals surface area (Å²) in [6.07, 6.45) is 2.19. The number of hydrogen-bond donors (Lipinski definition) is 2. The van der Waals surface area contributed by atoms with Crippen LogP contribution in [0.1, 0.15) is 27.0 Å². The number of methoxy groups -OCH3 is 3. The van der Waals surface area contributed by atoms with Crippen LogP contribution in [0.2, 0.25) is 0 Å². The van der Waals surface area contributed by atoms with Crippen LogP contribution in [0.5, 0.6) is 28.7 Å². The molecule has 0 aromatic heterocycles. The van der Waals surface area contributed by atoms with Gasteiger partial charge in [0, 0.05) is 12.1 Å². The Morgan fingerprint density at radius 3 is 2.04 bits per heavy atom. The van der Waals surface area contributed by atoms with E-state index in [0.717, 1.165) is 11.1 Å². The number of rotatable bonds is 15. The molecule has 9 heteroatoms. The Balaban J connectivity index is 1.40. The SMILES string of the molecule is COc1ccc(CCNC(=O)C(=Cc2ccc(OCCOc3ccccc3OC)cc2)NC(=O)c2ccc(C)cc2)cc1OC. The normalized spacial score (nSPS) is 10.9. The van der Waals surface area contributed by atoms with E-state index in [-0.39, 0.29) is 11.6 Å². The molecule has 0 aliphatic heterocycles. The van der Waals surface area contributed by atoms with Crippen molar-refractivity contribution >= 4 is 17.9 Å². The fourth-order valence-electron chi connectivity index (χ4n) is 4.39. The number of ether oxygens (including phenoxy) is 5. The summed E-state index contributed by atoms with van der Waals surface area (Å²) in [5.74, 6) is 2.39. The first kappa shape index (κ1) is 32.5. The Morgan fingerprint density at radius 1 is 0.711 bits per heavy atom. The van der Waals surface area contributed by atoms with Crippen LogP contribution in [0, 0.1) is 6.92 Å². The van der Waals surface area contributed by atoms with Gasteiger partial charge in [0.15, 0.2) is 23.0 Å². The Morgan fingerprint density at radius 2 is 1.36 bits per heavy atom. The Labute approximate surface area is 263 Å². The van der Waals surface area contributed by atoms with Crippen molar-refractivity contribution in [1.29, 1.82) is 0 Å². The van der Waals surface area contributed by atoms with Gasteiger partial charge >= 0.3 is 0 Å². The number of aryl methyl sites for hydroxylation is 1. The van der Waals surface area contributed by atoms with E-state index >= 15 is 0 Å². The van der Waals surface area contributed by atoms with E-state index in [4.69, 9.17) is 23.7 Å². The van der Waals surface area contributed by atoms with Crippen molar-refractivity contribution in [2.45, 2.75) is 13.3 Å². The maximum Gasteiger partial charge on any atom is 0.267 e. The highest BCUT2D eigenvalue weighted by Gasteiger charge is 2.15. The van der Waals surface area contributed by atoms with Crippen LogP contribution < -0.4 is 34.3 Å². The summed E-state index contributed by atoms with van der Waals surface area (Å²) in [6, 6.07) is 27.4. The number of para-hydroxylation sites is 2. The summed E-state index contributed by atoms with van der Waals surface area (Å²) in [7, 11) is 4.75. The van der Waals surface area contributed by atoms with E-state index in [9.17, 15) is 9.59 Å². The zero-order valence-corrected chi connectivity index (χ0v) is 25.9. The quantitative estimate of drug-likeness (QED) is 0.133. The van der Waals surface area contributed by atoms with Gasteiger partial charge in [0.2, 0.25) is 0 Å². The highest BCUT2D eigenvalue weighted by atomic mass is 16.5. The van der Waals surface area contributed by atoms with Gasteiger partial charge in [-0.25, -0.2) is 0 Å². The van der Waals surface area contributed by atoms with Crippen molar-refractivity contribution in [2.24, 2.45) is 0 Å². The van der Waals surface area contributed by atoms with Crippen LogP contribution in [0.15, 0.2) is 96.7 Å². The third kappa shape index (κ3) is 9.53. The van der Waals surface area contributed by atoms with E-state index in [1.807, 2.05) is 73.7 Å². The summed E-state index contributed by atoms with van der Waals surface area (Å²) in [6.45, 7) is 2.95. The van der Waals surface area contributed by atoms with Crippen LogP contribution in [0.25, 0.3) is 6.08 Å². The average Bonchev–Trinajstić information content (AvgIpc) is 3.07. The van der Waals surface area contributed by atoms with Crippen LogP contribution in [0.4, 0.5) is 0 Å². The lowest BCUT2D eigenvalue weighted by Gasteiger charge is -2.13. The third-order valence-electron chi connectivity index (χ3n) is 6.82. The van der Waals surface area contributed by atoms with Gasteiger partial charge in [0.1, 0.15) is 24.7 Å². The van der Waals surface area contributed by atoms with Gasteiger partial charge in [-0.15, -0.1) is 0 Å². The Kier molecular flexibility index (Phi) is 11.8. The lowest BCUT2D eigenvalue weighted by molar-refractivity contribution is -0.117. The van der Waals surface area contributed by atoms with Crippen molar-refractivity contribution in [2.75, 3.05) is 41.1 Å². The van der Waals surface area contributed by atoms with E-state index in [0.29, 0.717) is 66.1 Å². The first-order valence-electron chi connectivity index (χ1n) is 14.5. The number of nitrogens with one attached hydrogen (secondary N) is 2. The first-order chi connectivity index (χ1) is 21.9. The van der Waals surface area contributed by atoms with Crippen molar-refractivity contribution in [3.63, 3.8) is 0 Å². The molecular formula is C36H38N2O7. The molecule has 0 spiro atoms. The number of benzene rings is 4. The van der Waals surface area contributed by atoms with E-state index in [2.05, 4.69) is 10.6 Å². The molecule has 0 atom stereocenters. The molecule has 4 rings (SSSR count). The second-order valence-corrected chi connectivity index (χ2v) is 9.99. The summed E-state index contributed by atoms with van der Waals surface area (Å²) >= 11 is 0. The molecule has 4 aromatic carbocycles. The predicted molar refractivity (Wildman–Crippen MR) is 173 cm³/mol. The molecule has 0 heterocycles. The molecular weight excluding hydrogens is 572 g/mol. The van der Waals surface area contributed by atoms with Crippen LogP contribution in [0.3, 0.4) is 0 Å². The van der Waals surface area contributed by atoms with Gasteiger partial charge in [-0.3, -0.25) is 9.59 Å². The lowest BCUT2D eigenvalue weighted by Crippen LogP contribution is -2.35. The monoisotopic (exact) mass is 610 g/mol. The van der Waals surface area contributed by atoms with E-state index in [1.165, 1.54) is 0 Å². The molecule has 2 N–H and O–H groups in total. The topological polar surface area (TPSA) is 104 Å². The van der Waals surface area contributed by atoms with Crippen molar-refractivity contribution in [3.05, 3.63) is 119 Å². The Hall–Kier alpha value is -5.44. The van der Waals surface area contributed by atoms with Crippen LogP contribution in [-0.4, -0.2) is 52.9 Å². The predicted octanol–water partition coefficient (Wildman–Crippen LogP) is 5.61. The minimum atomic E-state index is -0.412. The summed E-state index contributed by atoms with van der Waals surface area (Å²) in [5, 5.41) is 5.69. The van der Waals surface area contributed by atoms with Crippen molar-refractivity contribution in [1.82, 2.24) is 10.6 Å². The highest BCUT2D eigenvalue weighted by molar-refractivity contribution is 6.05. The lowest BCUT2D eigenvalue weighted by atomic mass is 10.1. The molecule has 0 saturated carbocycles. The van der Waals surface area contributed by atoms with Gasteiger partial charge in [-0.1, -0.05) is 48.0 Å². The van der Waals surface area contributed by atoms with Gasteiger partial charge in [-0.2, -0.15) is 0 Å². The molecule has 0 fully saturated rings. The highest BCUT2D eigenvalue weighted by Crippen LogP contribution is 2.28. The molecule has 4 aromatic rings. The number of carbonyl (C=O) groups excluding carboxylic acids is 2. The molecule has 45 heavy (non-hydrogen) atoms. The molecule has 0 saturated heterocycles. The number of carbonyl (C=O) groups is 2. The molecule has 0 bridgehead atoms. The minimum absolute atomic E-state index is 0.117. The molecule has 0 aliphatic rings. The first-order valence-corrected chi connectivity index (χ1v) is 14.5.